The van der Waals surface area contributed by atoms with Gasteiger partial charge in [-0.25, -0.2) is 4.57 Å². The van der Waals surface area contributed by atoms with Crippen molar-refractivity contribution >= 4 is 25.7 Å². The maximum Gasteiger partial charge on any atom is 0.472 e. The Bertz CT molecular complexity index is 2020. The Morgan fingerprint density at radius 1 is 0.345 bits per heavy atom. The second-order valence-electron chi connectivity index (χ2n) is 20.8. The Labute approximate surface area is 511 Å². The molecule has 474 valence electrons. The van der Waals surface area contributed by atoms with Gasteiger partial charge in [0.2, 0.25) is 0 Å². The number of hydrogen-bond acceptors (Lipinski definition) is 10. The van der Waals surface area contributed by atoms with E-state index in [-0.39, 0.29) is 25.9 Å². The van der Waals surface area contributed by atoms with E-state index in [1.54, 1.807) is 0 Å². The third kappa shape index (κ3) is 61.7. The molecule has 0 bridgehead atoms. The number of allylic oxidation sites excluding steroid dienone is 26. The second-order valence-corrected chi connectivity index (χ2v) is 22.3. The molecule has 0 spiro atoms. The Morgan fingerprint density at radius 3 is 1.02 bits per heavy atom. The van der Waals surface area contributed by atoms with Crippen LogP contribution >= 0.6 is 7.82 Å². The lowest BCUT2D eigenvalue weighted by Gasteiger charge is -2.21. The fourth-order valence-corrected chi connectivity index (χ4v) is 8.87. The molecule has 0 amide bonds. The van der Waals surface area contributed by atoms with Crippen molar-refractivity contribution in [1.29, 1.82) is 0 Å². The maximum absolute atomic E-state index is 13.0. The standard InChI is InChI=1S/C72H115O11P/c1-4-7-10-13-16-19-22-25-28-31-34-37-40-43-46-49-52-55-58-61-70(74)79-65-69(83-72(76)63-60-57-54-51-48-45-42-39-36-33-30-27-24-21-18-15-12-9-6-3)67-81-84(77,78)80-66-68(64-73)82-71(75)62-59-56-53-50-47-44-41-38-35-32-29-26-23-20-17-14-11-8-5-2/h7,9-10,12,16-21,25-30,34-39,45,48,54,57,68-69,73H,4-6,8,11,13-15,22-24,31-33,40-44,46-47,49-53,55-56,58-67H2,1-3H3,(H,77,78)/b10-7-,12-9-,19-16-,20-17-,21-18-,28-25-,29-26-,30-27-,37-34-,38-35-,39-36-,48-45-,57-54-. The molecule has 0 aromatic carbocycles. The van der Waals surface area contributed by atoms with Crippen LogP contribution in [-0.2, 0) is 42.2 Å². The van der Waals surface area contributed by atoms with E-state index in [0.29, 0.717) is 25.7 Å². The average molecular weight is 1190 g/mol. The molecule has 2 N–H and O–H groups in total. The lowest BCUT2D eigenvalue weighted by Crippen LogP contribution is -2.30. The topological polar surface area (TPSA) is 155 Å². The molecule has 0 aromatic rings. The minimum Gasteiger partial charge on any atom is -0.462 e. The predicted molar refractivity (Wildman–Crippen MR) is 352 cm³/mol. The minimum atomic E-state index is -4.79. The summed E-state index contributed by atoms with van der Waals surface area (Å²) in [6.45, 7) is 4.27. The van der Waals surface area contributed by atoms with Crippen molar-refractivity contribution in [3.63, 3.8) is 0 Å². The van der Waals surface area contributed by atoms with Gasteiger partial charge in [0.05, 0.1) is 19.8 Å². The van der Waals surface area contributed by atoms with Crippen molar-refractivity contribution in [3.8, 4) is 0 Å². The fourth-order valence-electron chi connectivity index (χ4n) is 8.09. The number of ether oxygens (including phenoxy) is 3. The van der Waals surface area contributed by atoms with Gasteiger partial charge in [-0.3, -0.25) is 23.4 Å². The van der Waals surface area contributed by atoms with Crippen molar-refractivity contribution in [2.75, 3.05) is 26.4 Å². The number of unbranched alkanes of at least 4 members (excludes halogenated alkanes) is 15. The van der Waals surface area contributed by atoms with Crippen LogP contribution in [-0.4, -0.2) is 66.5 Å². The Kier molecular flexibility index (Phi) is 60.4. The van der Waals surface area contributed by atoms with Crippen LogP contribution in [0, 0.1) is 0 Å². The first-order valence-corrected chi connectivity index (χ1v) is 33.9. The highest BCUT2D eigenvalue weighted by atomic mass is 31.2. The SMILES string of the molecule is CC/C=C\C/C=C\C/C=C\C/C=C\C/C=C\C/C=C\CCC(=O)OC(COC(=O)CCCCCCCC/C=C\C/C=C\C/C=C\C/C=C\CC)COP(=O)(O)OCC(CO)OC(=O)CCCCCCCC/C=C\C/C=C\C/C=C\CCCCC. The van der Waals surface area contributed by atoms with Crippen molar-refractivity contribution in [2.24, 2.45) is 0 Å². The van der Waals surface area contributed by atoms with Gasteiger partial charge in [0.15, 0.2) is 6.10 Å². The van der Waals surface area contributed by atoms with Gasteiger partial charge < -0.3 is 24.2 Å². The molecule has 0 radical (unpaired) electrons. The molecule has 0 fully saturated rings. The number of aliphatic hydroxyl groups excluding tert-OH is 1. The molecule has 3 atom stereocenters. The van der Waals surface area contributed by atoms with Gasteiger partial charge in [-0.05, 0) is 135 Å². The van der Waals surface area contributed by atoms with Crippen LogP contribution in [0.25, 0.3) is 0 Å². The first kappa shape index (κ1) is 79.1. The first-order valence-electron chi connectivity index (χ1n) is 32.4. The molecule has 0 aromatic heterocycles. The number of phosphoric acid groups is 1. The summed E-state index contributed by atoms with van der Waals surface area (Å²) in [4.78, 5) is 48.8. The zero-order valence-electron chi connectivity index (χ0n) is 52.6. The Morgan fingerprint density at radius 2 is 0.643 bits per heavy atom. The molecule has 0 saturated heterocycles. The summed E-state index contributed by atoms with van der Waals surface area (Å²) in [5.74, 6) is -1.61. The predicted octanol–water partition coefficient (Wildman–Crippen LogP) is 20.0. The summed E-state index contributed by atoms with van der Waals surface area (Å²) in [6.07, 6.45) is 84.9. The molecule has 12 heteroatoms. The van der Waals surface area contributed by atoms with Gasteiger partial charge in [0.25, 0.3) is 0 Å². The summed E-state index contributed by atoms with van der Waals surface area (Å²) in [7, 11) is -4.79. The third-order valence-electron chi connectivity index (χ3n) is 12.9. The van der Waals surface area contributed by atoms with Crippen molar-refractivity contribution in [3.05, 3.63) is 158 Å². The van der Waals surface area contributed by atoms with E-state index in [9.17, 15) is 28.9 Å². The maximum atomic E-state index is 13.0. The number of carbonyl (C=O) groups is 3. The number of aliphatic hydroxyl groups is 1. The lowest BCUT2D eigenvalue weighted by molar-refractivity contribution is -0.161. The van der Waals surface area contributed by atoms with Crippen LogP contribution in [0.4, 0.5) is 0 Å². The van der Waals surface area contributed by atoms with E-state index in [1.807, 2.05) is 12.2 Å². The van der Waals surface area contributed by atoms with E-state index >= 15 is 0 Å². The third-order valence-corrected chi connectivity index (χ3v) is 13.9. The molecular weight excluding hydrogens is 1070 g/mol. The zero-order valence-corrected chi connectivity index (χ0v) is 53.4. The van der Waals surface area contributed by atoms with Crippen molar-refractivity contribution in [1.82, 2.24) is 0 Å². The van der Waals surface area contributed by atoms with Crippen LogP contribution in [0.15, 0.2) is 158 Å². The van der Waals surface area contributed by atoms with Gasteiger partial charge in [-0.2, -0.15) is 0 Å². The number of carbonyl (C=O) groups excluding carboxylic acids is 3. The minimum absolute atomic E-state index is 0.0290. The summed E-state index contributed by atoms with van der Waals surface area (Å²) < 4.78 is 39.6. The fraction of sp³-hybridized carbons (Fsp3) is 0.597. The van der Waals surface area contributed by atoms with E-state index < -0.39 is 57.8 Å². The molecule has 0 aliphatic rings. The molecule has 0 heterocycles. The lowest BCUT2D eigenvalue weighted by atomic mass is 10.1. The summed E-state index contributed by atoms with van der Waals surface area (Å²) in [6, 6.07) is 0. The number of hydrogen-bond donors (Lipinski definition) is 2. The molecule has 84 heavy (non-hydrogen) atoms. The van der Waals surface area contributed by atoms with E-state index in [2.05, 4.69) is 167 Å². The Hall–Kier alpha value is -4.90. The molecule has 0 saturated carbocycles. The molecule has 11 nitrogen and oxygen atoms in total. The van der Waals surface area contributed by atoms with Gasteiger partial charge in [-0.15, -0.1) is 0 Å². The summed E-state index contributed by atoms with van der Waals surface area (Å²) >= 11 is 0. The zero-order chi connectivity index (χ0) is 61.2. The molecular formula is C72H115O11P. The van der Waals surface area contributed by atoms with E-state index in [1.165, 1.54) is 25.7 Å². The monoisotopic (exact) mass is 1190 g/mol. The van der Waals surface area contributed by atoms with E-state index in [4.69, 9.17) is 23.3 Å². The second kappa shape index (κ2) is 64.1. The molecule has 3 unspecified atom stereocenters. The quantitative estimate of drug-likeness (QED) is 0.0197. The van der Waals surface area contributed by atoms with Gasteiger partial charge in [0.1, 0.15) is 12.7 Å². The number of esters is 3. The van der Waals surface area contributed by atoms with E-state index in [0.717, 1.165) is 148 Å². The normalized spacial score (nSPS) is 14.3. The highest BCUT2D eigenvalue weighted by molar-refractivity contribution is 7.47. The Balaban J connectivity index is 4.86. The molecule has 0 rings (SSSR count). The highest BCUT2D eigenvalue weighted by Gasteiger charge is 2.28. The first-order chi connectivity index (χ1) is 41.2. The van der Waals surface area contributed by atoms with Gasteiger partial charge in [0, 0.05) is 19.3 Å². The van der Waals surface area contributed by atoms with Gasteiger partial charge in [-0.1, -0.05) is 243 Å². The summed E-state index contributed by atoms with van der Waals surface area (Å²) in [5.41, 5.74) is 0. The summed E-state index contributed by atoms with van der Waals surface area (Å²) in [5, 5.41) is 9.86. The van der Waals surface area contributed by atoms with Crippen molar-refractivity contribution < 1.29 is 52.2 Å². The largest absolute Gasteiger partial charge is 0.472 e. The van der Waals surface area contributed by atoms with Gasteiger partial charge >= 0.3 is 25.7 Å². The number of phosphoric ester groups is 1. The van der Waals surface area contributed by atoms with Crippen LogP contribution < -0.4 is 0 Å². The number of rotatable bonds is 58. The average Bonchev–Trinajstić information content (AvgIpc) is 3.53. The molecule has 0 aliphatic carbocycles. The van der Waals surface area contributed by atoms with Crippen LogP contribution in [0.3, 0.4) is 0 Å². The smallest absolute Gasteiger partial charge is 0.462 e. The van der Waals surface area contributed by atoms with Crippen LogP contribution in [0.2, 0.25) is 0 Å². The van der Waals surface area contributed by atoms with Crippen LogP contribution in [0.1, 0.15) is 239 Å². The van der Waals surface area contributed by atoms with Crippen molar-refractivity contribution in [2.45, 2.75) is 251 Å². The molecule has 0 aliphatic heterocycles. The van der Waals surface area contributed by atoms with Crippen LogP contribution in [0.5, 0.6) is 0 Å². The highest BCUT2D eigenvalue weighted by Crippen LogP contribution is 2.43.